The lowest BCUT2D eigenvalue weighted by atomic mass is 10.1. The molecule has 1 heterocycles. The molecular weight excluding hydrogens is 447 g/mol. The first-order valence-corrected chi connectivity index (χ1v) is 12.0. The highest BCUT2D eigenvalue weighted by atomic mass is 32.2. The van der Waals surface area contributed by atoms with Crippen molar-refractivity contribution in [2.45, 2.75) is 17.2 Å². The van der Waals surface area contributed by atoms with E-state index >= 15 is 0 Å². The maximum absolute atomic E-state index is 13.1. The quantitative estimate of drug-likeness (QED) is 0.567. The van der Waals surface area contributed by atoms with E-state index < -0.39 is 10.0 Å². The SMILES string of the molecule is O=C(Nc1ccc(NS(=O)(=O)c2ccc3c(c2)OCCO3)cc1)C1CC1c1ccc(F)cc1. The van der Waals surface area contributed by atoms with Crippen molar-refractivity contribution < 1.29 is 27.1 Å². The van der Waals surface area contributed by atoms with Crippen LogP contribution in [0.1, 0.15) is 17.9 Å². The molecule has 1 fully saturated rings. The molecule has 1 aliphatic heterocycles. The summed E-state index contributed by atoms with van der Waals surface area (Å²) in [5.74, 6) is 0.407. The second kappa shape index (κ2) is 8.40. The highest BCUT2D eigenvalue weighted by Gasteiger charge is 2.43. The second-order valence-corrected chi connectivity index (χ2v) is 9.66. The fraction of sp³-hybridized carbons (Fsp3) is 0.208. The van der Waals surface area contributed by atoms with E-state index in [-0.39, 0.29) is 28.5 Å². The van der Waals surface area contributed by atoms with Crippen LogP contribution in [0, 0.1) is 11.7 Å². The molecule has 5 rings (SSSR count). The first-order chi connectivity index (χ1) is 15.9. The van der Waals surface area contributed by atoms with Crippen LogP contribution in [0.2, 0.25) is 0 Å². The smallest absolute Gasteiger partial charge is 0.262 e. The Morgan fingerprint density at radius 1 is 0.879 bits per heavy atom. The molecule has 0 spiro atoms. The number of benzene rings is 3. The van der Waals surface area contributed by atoms with Crippen LogP contribution in [-0.4, -0.2) is 27.5 Å². The summed E-state index contributed by atoms with van der Waals surface area (Å²) in [6.45, 7) is 0.788. The molecule has 1 saturated carbocycles. The van der Waals surface area contributed by atoms with E-state index in [0.29, 0.717) is 42.5 Å². The van der Waals surface area contributed by atoms with Gasteiger partial charge in [-0.3, -0.25) is 9.52 Å². The molecule has 2 N–H and O–H groups in total. The average Bonchev–Trinajstić information content (AvgIpc) is 3.61. The summed E-state index contributed by atoms with van der Waals surface area (Å²) in [5.41, 5.74) is 1.87. The van der Waals surface area contributed by atoms with Gasteiger partial charge in [-0.15, -0.1) is 0 Å². The summed E-state index contributed by atoms with van der Waals surface area (Å²) < 4.78 is 52.0. The van der Waals surface area contributed by atoms with Gasteiger partial charge in [0.1, 0.15) is 19.0 Å². The molecule has 3 aromatic carbocycles. The standard InChI is InChI=1S/C24H21FN2O5S/c25-16-3-1-15(2-4-16)20-14-21(20)24(28)26-17-5-7-18(8-6-17)27-33(29,30)19-9-10-22-23(13-19)32-12-11-31-22/h1-10,13,20-21,27H,11-12,14H2,(H,26,28). The summed E-state index contributed by atoms with van der Waals surface area (Å²) in [5, 5.41) is 2.85. The van der Waals surface area contributed by atoms with Gasteiger partial charge in [0, 0.05) is 23.4 Å². The third-order valence-electron chi connectivity index (χ3n) is 5.65. The Balaban J connectivity index is 1.21. The monoisotopic (exact) mass is 468 g/mol. The highest BCUT2D eigenvalue weighted by molar-refractivity contribution is 7.92. The van der Waals surface area contributed by atoms with Gasteiger partial charge in [0.15, 0.2) is 11.5 Å². The van der Waals surface area contributed by atoms with Gasteiger partial charge >= 0.3 is 0 Å². The summed E-state index contributed by atoms with van der Waals surface area (Å²) in [4.78, 5) is 12.6. The second-order valence-electron chi connectivity index (χ2n) is 7.98. The first kappa shape index (κ1) is 21.3. The van der Waals surface area contributed by atoms with Gasteiger partial charge in [-0.2, -0.15) is 0 Å². The number of sulfonamides is 1. The molecule has 1 aliphatic carbocycles. The lowest BCUT2D eigenvalue weighted by molar-refractivity contribution is -0.117. The number of carbonyl (C=O) groups is 1. The topological polar surface area (TPSA) is 93.7 Å². The summed E-state index contributed by atoms with van der Waals surface area (Å²) in [6.07, 6.45) is 0.713. The fourth-order valence-electron chi connectivity index (χ4n) is 3.82. The van der Waals surface area contributed by atoms with E-state index in [4.69, 9.17) is 9.47 Å². The zero-order valence-electron chi connectivity index (χ0n) is 17.5. The number of carbonyl (C=O) groups excluding carboxylic acids is 1. The van der Waals surface area contributed by atoms with Crippen LogP contribution in [0.25, 0.3) is 0 Å². The van der Waals surface area contributed by atoms with Gasteiger partial charge in [-0.25, -0.2) is 12.8 Å². The molecule has 9 heteroatoms. The number of amides is 1. The molecular formula is C24H21FN2O5S. The van der Waals surface area contributed by atoms with Crippen LogP contribution < -0.4 is 19.5 Å². The molecule has 170 valence electrons. The van der Waals surface area contributed by atoms with Gasteiger partial charge in [0.25, 0.3) is 10.0 Å². The minimum absolute atomic E-state index is 0.0599. The predicted molar refractivity (Wildman–Crippen MR) is 121 cm³/mol. The molecule has 0 saturated heterocycles. The largest absolute Gasteiger partial charge is 0.486 e. The van der Waals surface area contributed by atoms with Crippen LogP contribution in [0.3, 0.4) is 0 Å². The molecule has 0 radical (unpaired) electrons. The Bertz CT molecular complexity index is 1290. The lowest BCUT2D eigenvalue weighted by Gasteiger charge is -2.19. The maximum Gasteiger partial charge on any atom is 0.262 e. The molecule has 2 aliphatic rings. The van der Waals surface area contributed by atoms with E-state index in [0.717, 1.165) is 5.56 Å². The Labute approximate surface area is 190 Å². The van der Waals surface area contributed by atoms with Crippen molar-refractivity contribution in [1.82, 2.24) is 0 Å². The number of hydrogen-bond acceptors (Lipinski definition) is 5. The number of rotatable bonds is 6. The summed E-state index contributed by atoms with van der Waals surface area (Å²) >= 11 is 0. The number of ether oxygens (including phenoxy) is 2. The minimum atomic E-state index is -3.83. The third-order valence-corrected chi connectivity index (χ3v) is 7.03. The van der Waals surface area contributed by atoms with E-state index in [1.165, 1.54) is 24.3 Å². The van der Waals surface area contributed by atoms with Crippen LogP contribution in [-0.2, 0) is 14.8 Å². The molecule has 7 nitrogen and oxygen atoms in total. The van der Waals surface area contributed by atoms with Crippen molar-refractivity contribution in [2.24, 2.45) is 5.92 Å². The Hall–Kier alpha value is -3.59. The number of halogens is 1. The third kappa shape index (κ3) is 4.63. The van der Waals surface area contributed by atoms with E-state index in [1.54, 1.807) is 42.5 Å². The van der Waals surface area contributed by atoms with Crippen molar-refractivity contribution in [3.8, 4) is 11.5 Å². The van der Waals surface area contributed by atoms with Crippen LogP contribution in [0.15, 0.2) is 71.6 Å². The van der Waals surface area contributed by atoms with Gasteiger partial charge in [0.2, 0.25) is 5.91 Å². The Morgan fingerprint density at radius 3 is 2.27 bits per heavy atom. The molecule has 2 unspecified atom stereocenters. The van der Waals surface area contributed by atoms with Crippen molar-refractivity contribution in [1.29, 1.82) is 0 Å². The summed E-state index contributed by atoms with van der Waals surface area (Å²) in [7, 11) is -3.83. The predicted octanol–water partition coefficient (Wildman–Crippen LogP) is 4.14. The molecule has 33 heavy (non-hydrogen) atoms. The average molecular weight is 469 g/mol. The maximum atomic E-state index is 13.1. The summed E-state index contributed by atoms with van der Waals surface area (Å²) in [6, 6.07) is 17.1. The number of hydrogen-bond donors (Lipinski definition) is 2. The van der Waals surface area contributed by atoms with Crippen molar-refractivity contribution >= 4 is 27.3 Å². The van der Waals surface area contributed by atoms with Crippen LogP contribution >= 0.6 is 0 Å². The lowest BCUT2D eigenvalue weighted by Crippen LogP contribution is -2.17. The highest BCUT2D eigenvalue weighted by Crippen LogP contribution is 2.48. The number of nitrogens with one attached hydrogen (secondary N) is 2. The van der Waals surface area contributed by atoms with Crippen LogP contribution in [0.5, 0.6) is 11.5 Å². The Kier molecular flexibility index (Phi) is 5.41. The first-order valence-electron chi connectivity index (χ1n) is 10.5. The zero-order chi connectivity index (χ0) is 23.0. The minimum Gasteiger partial charge on any atom is -0.486 e. The number of anilines is 2. The number of fused-ring (bicyclic) bond motifs is 1. The molecule has 2 atom stereocenters. The molecule has 1 amide bonds. The van der Waals surface area contributed by atoms with E-state index in [2.05, 4.69) is 10.0 Å². The van der Waals surface area contributed by atoms with Crippen LogP contribution in [0.4, 0.5) is 15.8 Å². The zero-order valence-corrected chi connectivity index (χ0v) is 18.3. The van der Waals surface area contributed by atoms with Gasteiger partial charge in [0.05, 0.1) is 4.90 Å². The normalized spacial score (nSPS) is 18.9. The van der Waals surface area contributed by atoms with Crippen molar-refractivity contribution in [2.75, 3.05) is 23.3 Å². The van der Waals surface area contributed by atoms with Gasteiger partial charge in [-0.05, 0) is 66.4 Å². The molecule has 3 aromatic rings. The van der Waals surface area contributed by atoms with Crippen molar-refractivity contribution in [3.63, 3.8) is 0 Å². The molecule has 0 aromatic heterocycles. The Morgan fingerprint density at radius 2 is 1.55 bits per heavy atom. The molecule has 0 bridgehead atoms. The van der Waals surface area contributed by atoms with E-state index in [9.17, 15) is 17.6 Å². The van der Waals surface area contributed by atoms with E-state index in [1.807, 2.05) is 0 Å². The van der Waals surface area contributed by atoms with Gasteiger partial charge < -0.3 is 14.8 Å². The fourth-order valence-corrected chi connectivity index (χ4v) is 4.90. The van der Waals surface area contributed by atoms with Crippen molar-refractivity contribution in [3.05, 3.63) is 78.1 Å². The van der Waals surface area contributed by atoms with Gasteiger partial charge in [-0.1, -0.05) is 12.1 Å².